The van der Waals surface area contributed by atoms with E-state index < -0.39 is 21.8 Å². The topological polar surface area (TPSA) is 75.7 Å². The number of carbonyl (C=O) groups is 1. The Bertz CT molecular complexity index is 946. The highest BCUT2D eigenvalue weighted by molar-refractivity contribution is 7.89. The van der Waals surface area contributed by atoms with Crippen LogP contribution in [0.25, 0.3) is 0 Å². The molecule has 0 saturated carbocycles. The molecule has 0 aromatic heterocycles. The maximum absolute atomic E-state index is 13.1. The van der Waals surface area contributed by atoms with Crippen LogP contribution in [0.1, 0.15) is 31.4 Å². The summed E-state index contributed by atoms with van der Waals surface area (Å²) in [6.45, 7) is 2.34. The van der Waals surface area contributed by atoms with E-state index in [0.29, 0.717) is 19.4 Å². The van der Waals surface area contributed by atoms with Gasteiger partial charge in [-0.2, -0.15) is 4.31 Å². The maximum atomic E-state index is 13.1. The number of nitrogens with one attached hydrogen (secondary N) is 1. The maximum Gasteiger partial charge on any atom is 0.243 e. The summed E-state index contributed by atoms with van der Waals surface area (Å²) in [6, 6.07) is 12.0. The van der Waals surface area contributed by atoms with Crippen LogP contribution in [0.4, 0.5) is 4.39 Å². The number of amides is 1. The molecule has 1 heterocycles. The molecule has 0 bridgehead atoms. The first kappa shape index (κ1) is 21.3. The van der Waals surface area contributed by atoms with E-state index in [1.165, 1.54) is 16.4 Å². The largest absolute Gasteiger partial charge is 0.497 e. The Hall–Kier alpha value is -2.45. The van der Waals surface area contributed by atoms with E-state index in [9.17, 15) is 17.6 Å². The van der Waals surface area contributed by atoms with Gasteiger partial charge in [-0.25, -0.2) is 12.8 Å². The van der Waals surface area contributed by atoms with Crippen LogP contribution in [0.2, 0.25) is 0 Å². The zero-order valence-electron chi connectivity index (χ0n) is 16.5. The lowest BCUT2D eigenvalue weighted by atomic mass is 9.98. The smallest absolute Gasteiger partial charge is 0.243 e. The minimum absolute atomic E-state index is 0.0339. The van der Waals surface area contributed by atoms with Crippen LogP contribution in [0.15, 0.2) is 53.4 Å². The molecule has 6 nitrogen and oxygen atoms in total. The molecule has 2 atom stereocenters. The van der Waals surface area contributed by atoms with Crippen LogP contribution in [-0.2, 0) is 14.8 Å². The minimum Gasteiger partial charge on any atom is -0.497 e. The lowest BCUT2D eigenvalue weighted by Gasteiger charge is -2.32. The van der Waals surface area contributed by atoms with Gasteiger partial charge in [-0.05, 0) is 61.7 Å². The normalized spacial score (nSPS) is 18.8. The number of rotatable bonds is 6. The van der Waals surface area contributed by atoms with E-state index in [-0.39, 0.29) is 23.4 Å². The number of benzene rings is 2. The van der Waals surface area contributed by atoms with Crippen molar-refractivity contribution in [2.45, 2.75) is 30.7 Å². The second-order valence-electron chi connectivity index (χ2n) is 7.16. The average molecular weight is 421 g/mol. The van der Waals surface area contributed by atoms with Gasteiger partial charge < -0.3 is 10.1 Å². The standard InChI is InChI=1S/C21H25FN2O4S/c1-15(16-5-9-19(28-2)10-6-16)23-21(25)17-4-3-13-24(14-17)29(26,27)20-11-7-18(22)8-12-20/h5-12,15,17H,3-4,13-14H2,1-2H3,(H,23,25)/t15-,17-/m1/s1. The van der Waals surface area contributed by atoms with Crippen molar-refractivity contribution in [3.05, 3.63) is 59.9 Å². The summed E-state index contributed by atoms with van der Waals surface area (Å²) in [5.74, 6) is -0.361. The van der Waals surface area contributed by atoms with Crippen molar-refractivity contribution < 1.29 is 22.3 Å². The summed E-state index contributed by atoms with van der Waals surface area (Å²) >= 11 is 0. The van der Waals surface area contributed by atoms with E-state index in [2.05, 4.69) is 5.32 Å². The number of carbonyl (C=O) groups excluding carboxylic acids is 1. The summed E-state index contributed by atoms with van der Waals surface area (Å²) < 4.78 is 45.2. The third-order valence-electron chi connectivity index (χ3n) is 5.18. The van der Waals surface area contributed by atoms with Gasteiger partial charge in [0, 0.05) is 13.1 Å². The van der Waals surface area contributed by atoms with Gasteiger partial charge in [0.1, 0.15) is 11.6 Å². The molecule has 2 aromatic carbocycles. The molecule has 0 spiro atoms. The number of piperidine rings is 1. The number of methoxy groups -OCH3 is 1. The quantitative estimate of drug-likeness (QED) is 0.779. The predicted octanol–water partition coefficient (Wildman–Crippen LogP) is 3.11. The summed E-state index contributed by atoms with van der Waals surface area (Å²) in [5, 5.41) is 2.97. The zero-order chi connectivity index (χ0) is 21.0. The first-order chi connectivity index (χ1) is 13.8. The van der Waals surface area contributed by atoms with Gasteiger partial charge >= 0.3 is 0 Å². The number of ether oxygens (including phenoxy) is 1. The van der Waals surface area contributed by atoms with E-state index in [4.69, 9.17) is 4.74 Å². The monoisotopic (exact) mass is 420 g/mol. The molecule has 1 fully saturated rings. The molecule has 2 aromatic rings. The SMILES string of the molecule is COc1ccc([C@@H](C)NC(=O)[C@@H]2CCCN(S(=O)(=O)c3ccc(F)cc3)C2)cc1. The number of hydrogen-bond acceptors (Lipinski definition) is 4. The van der Waals surface area contributed by atoms with Crippen LogP contribution >= 0.6 is 0 Å². The van der Waals surface area contributed by atoms with Gasteiger partial charge in [-0.1, -0.05) is 12.1 Å². The highest BCUT2D eigenvalue weighted by atomic mass is 32.2. The molecule has 29 heavy (non-hydrogen) atoms. The molecule has 0 aliphatic carbocycles. The summed E-state index contributed by atoms with van der Waals surface area (Å²) in [7, 11) is -2.17. The molecule has 3 rings (SSSR count). The molecular weight excluding hydrogens is 395 g/mol. The molecule has 156 valence electrons. The van der Waals surface area contributed by atoms with Gasteiger partial charge in [-0.15, -0.1) is 0 Å². The Kier molecular flexibility index (Phi) is 6.54. The van der Waals surface area contributed by atoms with Crippen molar-refractivity contribution in [2.24, 2.45) is 5.92 Å². The predicted molar refractivity (Wildman–Crippen MR) is 107 cm³/mol. The summed E-state index contributed by atoms with van der Waals surface area (Å²) in [5.41, 5.74) is 0.936. The van der Waals surface area contributed by atoms with E-state index in [0.717, 1.165) is 23.4 Å². The minimum atomic E-state index is -3.76. The molecule has 1 saturated heterocycles. The van der Waals surface area contributed by atoms with Crippen molar-refractivity contribution in [1.82, 2.24) is 9.62 Å². The number of nitrogens with zero attached hydrogens (tertiary/aromatic N) is 1. The van der Waals surface area contributed by atoms with Gasteiger partial charge in [0.2, 0.25) is 15.9 Å². The number of hydrogen-bond donors (Lipinski definition) is 1. The fourth-order valence-corrected chi connectivity index (χ4v) is 4.96. The molecule has 1 amide bonds. The Morgan fingerprint density at radius 3 is 2.45 bits per heavy atom. The fraction of sp³-hybridized carbons (Fsp3) is 0.381. The molecule has 0 unspecified atom stereocenters. The molecule has 1 aliphatic heterocycles. The fourth-order valence-electron chi connectivity index (χ4n) is 3.44. The first-order valence-electron chi connectivity index (χ1n) is 9.51. The van der Waals surface area contributed by atoms with E-state index >= 15 is 0 Å². The van der Waals surface area contributed by atoms with Crippen molar-refractivity contribution >= 4 is 15.9 Å². The molecule has 0 radical (unpaired) electrons. The van der Waals surface area contributed by atoms with Gasteiger partial charge in [0.05, 0.1) is 24.0 Å². The molecule has 1 N–H and O–H groups in total. The highest BCUT2D eigenvalue weighted by Crippen LogP contribution is 2.25. The molecule has 1 aliphatic rings. The molecule has 8 heteroatoms. The average Bonchev–Trinajstić information content (AvgIpc) is 2.74. The zero-order valence-corrected chi connectivity index (χ0v) is 17.3. The first-order valence-corrected chi connectivity index (χ1v) is 11.0. The summed E-state index contributed by atoms with van der Waals surface area (Å²) in [4.78, 5) is 12.8. The third-order valence-corrected chi connectivity index (χ3v) is 7.06. The van der Waals surface area contributed by atoms with Crippen molar-refractivity contribution in [3.8, 4) is 5.75 Å². The molecular formula is C21H25FN2O4S. The van der Waals surface area contributed by atoms with Crippen LogP contribution in [0, 0.1) is 11.7 Å². The van der Waals surface area contributed by atoms with Crippen molar-refractivity contribution in [1.29, 1.82) is 0 Å². The lowest BCUT2D eigenvalue weighted by molar-refractivity contribution is -0.126. The highest BCUT2D eigenvalue weighted by Gasteiger charge is 2.33. The number of sulfonamides is 1. The van der Waals surface area contributed by atoms with Gasteiger partial charge in [0.25, 0.3) is 0 Å². The Morgan fingerprint density at radius 2 is 1.83 bits per heavy atom. The Morgan fingerprint density at radius 1 is 1.17 bits per heavy atom. The lowest BCUT2D eigenvalue weighted by Crippen LogP contribution is -2.45. The van der Waals surface area contributed by atoms with Crippen LogP contribution in [0.5, 0.6) is 5.75 Å². The number of halogens is 1. The van der Waals surface area contributed by atoms with Gasteiger partial charge in [-0.3, -0.25) is 4.79 Å². The van der Waals surface area contributed by atoms with Crippen LogP contribution in [-0.4, -0.2) is 38.8 Å². The van der Waals surface area contributed by atoms with E-state index in [1.807, 2.05) is 31.2 Å². The van der Waals surface area contributed by atoms with Crippen molar-refractivity contribution in [3.63, 3.8) is 0 Å². The Labute approximate surface area is 170 Å². The third kappa shape index (κ3) is 4.94. The second kappa shape index (κ2) is 8.92. The summed E-state index contributed by atoms with van der Waals surface area (Å²) in [6.07, 6.45) is 1.21. The van der Waals surface area contributed by atoms with Crippen LogP contribution < -0.4 is 10.1 Å². The van der Waals surface area contributed by atoms with E-state index in [1.54, 1.807) is 7.11 Å². The van der Waals surface area contributed by atoms with Crippen molar-refractivity contribution in [2.75, 3.05) is 20.2 Å². The second-order valence-corrected chi connectivity index (χ2v) is 9.10. The van der Waals surface area contributed by atoms with Crippen LogP contribution in [0.3, 0.4) is 0 Å². The van der Waals surface area contributed by atoms with Gasteiger partial charge in [0.15, 0.2) is 0 Å². The Balaban J connectivity index is 1.66.